The molecular weight excluding hydrogens is 212 g/mol. The first-order chi connectivity index (χ1) is 7.23. The Kier molecular flexibility index (Phi) is 3.19. The highest BCUT2D eigenvalue weighted by molar-refractivity contribution is 7.81. The fourth-order valence-corrected chi connectivity index (χ4v) is 2.07. The van der Waals surface area contributed by atoms with Crippen molar-refractivity contribution < 1.29 is 13.5 Å². The Balaban J connectivity index is 1.79. The van der Waals surface area contributed by atoms with Crippen molar-refractivity contribution in [3.8, 4) is 0 Å². The Labute approximate surface area is 91.7 Å². The monoisotopic (exact) mass is 226 g/mol. The van der Waals surface area contributed by atoms with Gasteiger partial charge in [-0.1, -0.05) is 30.3 Å². The number of ether oxygens (including phenoxy) is 1. The fraction of sp³-hybridized carbons (Fsp3) is 0.455. The van der Waals surface area contributed by atoms with Crippen molar-refractivity contribution in [1.82, 2.24) is 0 Å². The van der Waals surface area contributed by atoms with Crippen LogP contribution in [0.1, 0.15) is 18.4 Å². The van der Waals surface area contributed by atoms with E-state index in [9.17, 15) is 4.21 Å². The standard InChI is InChI=1S/C11H14O3S/c12-15(13)11(6-7-11)9-14-8-10-4-2-1-3-5-10/h1-5H,6-9H2,(H,12,13). The van der Waals surface area contributed by atoms with Crippen LogP contribution in [0.5, 0.6) is 0 Å². The number of rotatable bonds is 5. The van der Waals surface area contributed by atoms with Crippen molar-refractivity contribution in [1.29, 1.82) is 0 Å². The Bertz CT molecular complexity index is 346. The number of hydrogen-bond donors (Lipinski definition) is 1. The SMILES string of the molecule is O=S(O)C1(COCc2ccccc2)CC1. The summed E-state index contributed by atoms with van der Waals surface area (Å²) in [6, 6.07) is 9.82. The molecule has 0 aromatic heterocycles. The topological polar surface area (TPSA) is 46.5 Å². The average molecular weight is 226 g/mol. The molecule has 1 N–H and O–H groups in total. The smallest absolute Gasteiger partial charge is 0.161 e. The van der Waals surface area contributed by atoms with Gasteiger partial charge < -0.3 is 9.29 Å². The van der Waals surface area contributed by atoms with Crippen molar-refractivity contribution in [2.24, 2.45) is 0 Å². The van der Waals surface area contributed by atoms with E-state index in [0.717, 1.165) is 18.4 Å². The van der Waals surface area contributed by atoms with Crippen molar-refractivity contribution in [2.45, 2.75) is 24.2 Å². The summed E-state index contributed by atoms with van der Waals surface area (Å²) >= 11 is -1.75. The van der Waals surface area contributed by atoms with Gasteiger partial charge >= 0.3 is 0 Å². The van der Waals surface area contributed by atoms with Crippen LogP contribution in [0.25, 0.3) is 0 Å². The van der Waals surface area contributed by atoms with E-state index in [4.69, 9.17) is 9.29 Å². The third-order valence-corrected chi connectivity index (χ3v) is 3.92. The molecule has 1 unspecified atom stereocenters. The zero-order chi connectivity index (χ0) is 10.7. The van der Waals surface area contributed by atoms with E-state index in [2.05, 4.69) is 0 Å². The summed E-state index contributed by atoms with van der Waals surface area (Å²) in [5.41, 5.74) is 1.09. The lowest BCUT2D eigenvalue weighted by Gasteiger charge is -2.10. The summed E-state index contributed by atoms with van der Waals surface area (Å²) < 4.78 is 25.0. The molecule has 2 rings (SSSR count). The molecule has 1 aromatic rings. The predicted octanol–water partition coefficient (Wildman–Crippen LogP) is 1.96. The van der Waals surface area contributed by atoms with Crippen LogP contribution >= 0.6 is 0 Å². The molecule has 0 bridgehead atoms. The highest BCUT2D eigenvalue weighted by Crippen LogP contribution is 2.41. The molecule has 1 aliphatic rings. The highest BCUT2D eigenvalue weighted by atomic mass is 32.2. The molecule has 1 fully saturated rings. The van der Waals surface area contributed by atoms with Crippen LogP contribution in [0.15, 0.2) is 30.3 Å². The molecule has 82 valence electrons. The first-order valence-electron chi connectivity index (χ1n) is 4.96. The van der Waals surface area contributed by atoms with E-state index in [1.165, 1.54) is 0 Å². The minimum Gasteiger partial charge on any atom is -0.375 e. The second-order valence-corrected chi connectivity index (χ2v) is 5.27. The Morgan fingerprint density at radius 3 is 2.53 bits per heavy atom. The van der Waals surface area contributed by atoms with Gasteiger partial charge in [0.15, 0.2) is 11.1 Å². The normalized spacial score (nSPS) is 19.8. The Morgan fingerprint density at radius 1 is 1.33 bits per heavy atom. The van der Waals surface area contributed by atoms with Gasteiger partial charge in [0.2, 0.25) is 0 Å². The van der Waals surface area contributed by atoms with Gasteiger partial charge in [-0.15, -0.1) is 0 Å². The van der Waals surface area contributed by atoms with E-state index in [1.807, 2.05) is 30.3 Å². The largest absolute Gasteiger partial charge is 0.375 e. The van der Waals surface area contributed by atoms with Crippen LogP contribution in [0.4, 0.5) is 0 Å². The number of benzene rings is 1. The summed E-state index contributed by atoms with van der Waals surface area (Å²) in [7, 11) is 0. The molecule has 4 heteroatoms. The van der Waals surface area contributed by atoms with Crippen molar-refractivity contribution in [3.05, 3.63) is 35.9 Å². The van der Waals surface area contributed by atoms with Gasteiger partial charge in [-0.05, 0) is 18.4 Å². The van der Waals surface area contributed by atoms with E-state index in [-0.39, 0.29) is 0 Å². The van der Waals surface area contributed by atoms with E-state index < -0.39 is 15.8 Å². The third-order valence-electron chi connectivity index (χ3n) is 2.65. The summed E-state index contributed by atoms with van der Waals surface area (Å²) in [5, 5.41) is 0. The maximum Gasteiger partial charge on any atom is 0.161 e. The minimum absolute atomic E-state index is 0.380. The van der Waals surface area contributed by atoms with Crippen LogP contribution in [0.2, 0.25) is 0 Å². The maximum atomic E-state index is 11.0. The van der Waals surface area contributed by atoms with Crippen LogP contribution in [-0.4, -0.2) is 20.1 Å². The molecule has 0 radical (unpaired) electrons. The van der Waals surface area contributed by atoms with Gasteiger partial charge in [-0.3, -0.25) is 0 Å². The maximum absolute atomic E-state index is 11.0. The van der Waals surface area contributed by atoms with Gasteiger partial charge in [0.1, 0.15) is 0 Å². The lowest BCUT2D eigenvalue weighted by molar-refractivity contribution is 0.116. The lowest BCUT2D eigenvalue weighted by Crippen LogP contribution is -2.22. The molecule has 1 aromatic carbocycles. The molecule has 0 saturated heterocycles. The molecule has 3 nitrogen and oxygen atoms in total. The van der Waals surface area contributed by atoms with E-state index in [1.54, 1.807) is 0 Å². The quantitative estimate of drug-likeness (QED) is 0.781. The summed E-state index contributed by atoms with van der Waals surface area (Å²) in [6.07, 6.45) is 1.59. The molecule has 1 atom stereocenters. The van der Waals surface area contributed by atoms with Crippen LogP contribution in [-0.2, 0) is 22.4 Å². The third kappa shape index (κ3) is 2.65. The Morgan fingerprint density at radius 2 is 2.00 bits per heavy atom. The molecule has 1 aliphatic carbocycles. The summed E-state index contributed by atoms with van der Waals surface area (Å²) in [6.45, 7) is 0.894. The van der Waals surface area contributed by atoms with Crippen LogP contribution in [0, 0.1) is 0 Å². The molecule has 0 spiro atoms. The molecular formula is C11H14O3S. The van der Waals surface area contributed by atoms with Crippen molar-refractivity contribution >= 4 is 11.1 Å². The highest BCUT2D eigenvalue weighted by Gasteiger charge is 2.49. The summed E-state index contributed by atoms with van der Waals surface area (Å²) in [5.74, 6) is 0. The van der Waals surface area contributed by atoms with Gasteiger partial charge in [0, 0.05) is 0 Å². The average Bonchev–Trinajstić information content (AvgIpc) is 3.01. The van der Waals surface area contributed by atoms with Gasteiger partial charge in [-0.25, -0.2) is 4.21 Å². The first kappa shape index (κ1) is 10.8. The van der Waals surface area contributed by atoms with Crippen LogP contribution < -0.4 is 0 Å². The lowest BCUT2D eigenvalue weighted by atomic mass is 10.2. The molecule has 0 amide bonds. The number of hydrogen-bond acceptors (Lipinski definition) is 2. The molecule has 0 heterocycles. The zero-order valence-corrected chi connectivity index (χ0v) is 9.20. The summed E-state index contributed by atoms with van der Waals surface area (Å²) in [4.78, 5) is 0. The molecule has 15 heavy (non-hydrogen) atoms. The van der Waals surface area contributed by atoms with E-state index in [0.29, 0.717) is 13.2 Å². The van der Waals surface area contributed by atoms with Crippen molar-refractivity contribution in [3.63, 3.8) is 0 Å². The molecule has 1 saturated carbocycles. The second kappa shape index (κ2) is 4.43. The predicted molar refractivity (Wildman–Crippen MR) is 58.8 cm³/mol. The van der Waals surface area contributed by atoms with Gasteiger partial charge in [0.05, 0.1) is 18.0 Å². The van der Waals surface area contributed by atoms with Crippen LogP contribution in [0.3, 0.4) is 0 Å². The fourth-order valence-electron chi connectivity index (χ4n) is 1.44. The zero-order valence-electron chi connectivity index (χ0n) is 8.39. The first-order valence-corrected chi connectivity index (χ1v) is 6.06. The van der Waals surface area contributed by atoms with Gasteiger partial charge in [0.25, 0.3) is 0 Å². The Hall–Kier alpha value is -0.710. The van der Waals surface area contributed by atoms with E-state index >= 15 is 0 Å². The van der Waals surface area contributed by atoms with Gasteiger partial charge in [-0.2, -0.15) is 0 Å². The minimum atomic E-state index is -1.75. The van der Waals surface area contributed by atoms with Crippen molar-refractivity contribution in [2.75, 3.05) is 6.61 Å². The second-order valence-electron chi connectivity index (χ2n) is 3.91. The molecule has 0 aliphatic heterocycles.